The van der Waals surface area contributed by atoms with Crippen LogP contribution in [0, 0.1) is 0 Å². The highest BCUT2D eigenvalue weighted by Crippen LogP contribution is 2.26. The molecule has 0 bridgehead atoms. The lowest BCUT2D eigenvalue weighted by atomic mass is 10.0. The topological polar surface area (TPSA) is 67.4 Å². The molecule has 0 aliphatic carbocycles. The molecule has 2 saturated heterocycles. The molecule has 2 unspecified atom stereocenters. The van der Waals surface area contributed by atoms with Gasteiger partial charge in [0.15, 0.2) is 5.96 Å². The third kappa shape index (κ3) is 7.98. The van der Waals surface area contributed by atoms with E-state index in [1.165, 1.54) is 24.8 Å². The number of nitrogens with zero attached hydrogens (tertiary/aromatic N) is 2. The molecule has 0 amide bonds. The van der Waals surface area contributed by atoms with Crippen LogP contribution in [0.5, 0.6) is 5.75 Å². The van der Waals surface area contributed by atoms with Crippen LogP contribution in [0.2, 0.25) is 0 Å². The fraction of sp³-hybridized carbons (Fsp3) is 0.708. The number of rotatable bonds is 11. The molecular weight excluding hydrogens is 392 g/mol. The molecular formula is C24H40N4O3. The van der Waals surface area contributed by atoms with Crippen molar-refractivity contribution in [2.45, 2.75) is 51.2 Å². The summed E-state index contributed by atoms with van der Waals surface area (Å²) in [5, 5.41) is 6.85. The Hall–Kier alpha value is -1.83. The first-order valence-corrected chi connectivity index (χ1v) is 11.9. The van der Waals surface area contributed by atoms with Crippen LogP contribution >= 0.6 is 0 Å². The van der Waals surface area contributed by atoms with E-state index in [0.717, 1.165) is 77.1 Å². The Morgan fingerprint density at radius 3 is 2.68 bits per heavy atom. The lowest BCUT2D eigenvalue weighted by Crippen LogP contribution is -2.40. The van der Waals surface area contributed by atoms with Crippen LogP contribution in [0.1, 0.15) is 50.6 Å². The van der Waals surface area contributed by atoms with Crippen molar-refractivity contribution in [2.75, 3.05) is 59.7 Å². The number of guanidine groups is 1. The van der Waals surface area contributed by atoms with Crippen LogP contribution in [0.25, 0.3) is 0 Å². The quantitative estimate of drug-likeness (QED) is 0.318. The first kappa shape index (κ1) is 23.8. The van der Waals surface area contributed by atoms with Gasteiger partial charge >= 0.3 is 0 Å². The highest BCUT2D eigenvalue weighted by Gasteiger charge is 2.22. The minimum atomic E-state index is 0.275. The fourth-order valence-electron chi connectivity index (χ4n) is 4.18. The van der Waals surface area contributed by atoms with Gasteiger partial charge in [-0.1, -0.05) is 18.6 Å². The fourth-order valence-corrected chi connectivity index (χ4v) is 4.18. The summed E-state index contributed by atoms with van der Waals surface area (Å²) in [5.41, 5.74) is 1.30. The highest BCUT2D eigenvalue weighted by molar-refractivity contribution is 5.79. The largest absolute Gasteiger partial charge is 0.497 e. The molecule has 2 heterocycles. The number of hydrogen-bond donors (Lipinski definition) is 2. The van der Waals surface area contributed by atoms with Crippen LogP contribution in [0.3, 0.4) is 0 Å². The van der Waals surface area contributed by atoms with Gasteiger partial charge in [0.25, 0.3) is 0 Å². The van der Waals surface area contributed by atoms with Crippen LogP contribution in [0.4, 0.5) is 0 Å². The molecule has 2 fully saturated rings. The Balaban J connectivity index is 1.55. The van der Waals surface area contributed by atoms with E-state index in [4.69, 9.17) is 19.2 Å². The maximum Gasteiger partial charge on any atom is 0.191 e. The Kier molecular flexibility index (Phi) is 10.4. The molecule has 7 nitrogen and oxygen atoms in total. The predicted molar refractivity (Wildman–Crippen MR) is 125 cm³/mol. The van der Waals surface area contributed by atoms with E-state index in [1.54, 1.807) is 7.11 Å². The molecule has 0 spiro atoms. The van der Waals surface area contributed by atoms with Crippen LogP contribution < -0.4 is 15.4 Å². The standard InChI is InChI=1S/C24H40N4O3/c1-3-25-24(26-13-7-16-31-22-12-17-30-19-22)27-18-23(28-14-5-4-6-15-28)20-8-10-21(29-2)11-9-20/h8-11,22-23H,3-7,12-19H2,1-2H3,(H2,25,26,27). The summed E-state index contributed by atoms with van der Waals surface area (Å²) in [7, 11) is 1.71. The number of ether oxygens (including phenoxy) is 3. The second-order valence-electron chi connectivity index (χ2n) is 8.24. The van der Waals surface area contributed by atoms with E-state index in [1.807, 2.05) is 0 Å². The number of piperidine rings is 1. The van der Waals surface area contributed by atoms with Gasteiger partial charge in [-0.3, -0.25) is 9.89 Å². The predicted octanol–water partition coefficient (Wildman–Crippen LogP) is 2.97. The lowest BCUT2D eigenvalue weighted by Gasteiger charge is -2.34. The Labute approximate surface area is 187 Å². The number of hydrogen-bond acceptors (Lipinski definition) is 5. The number of nitrogens with one attached hydrogen (secondary N) is 2. The van der Waals surface area contributed by atoms with Crippen molar-refractivity contribution in [3.8, 4) is 5.75 Å². The molecule has 2 aliphatic rings. The maximum absolute atomic E-state index is 5.86. The van der Waals surface area contributed by atoms with E-state index >= 15 is 0 Å². The van der Waals surface area contributed by atoms with Gasteiger partial charge in [0, 0.05) is 26.3 Å². The summed E-state index contributed by atoms with van der Waals surface area (Å²) in [6, 6.07) is 8.74. The summed E-state index contributed by atoms with van der Waals surface area (Å²) in [6.07, 6.45) is 6.10. The summed E-state index contributed by atoms with van der Waals surface area (Å²) in [6.45, 7) is 9.12. The average Bonchev–Trinajstić information content (AvgIpc) is 3.33. The molecule has 0 saturated carbocycles. The normalized spacial score (nSPS) is 21.1. The second-order valence-corrected chi connectivity index (χ2v) is 8.24. The minimum absolute atomic E-state index is 0.275. The maximum atomic E-state index is 5.86. The van der Waals surface area contributed by atoms with Crippen molar-refractivity contribution in [1.82, 2.24) is 15.5 Å². The van der Waals surface area contributed by atoms with Crippen LogP contribution in [-0.4, -0.2) is 76.6 Å². The highest BCUT2D eigenvalue weighted by atomic mass is 16.5. The van der Waals surface area contributed by atoms with Crippen molar-refractivity contribution in [3.63, 3.8) is 0 Å². The van der Waals surface area contributed by atoms with Gasteiger partial charge < -0.3 is 24.8 Å². The Morgan fingerprint density at radius 1 is 1.19 bits per heavy atom. The summed E-state index contributed by atoms with van der Waals surface area (Å²) in [5.74, 6) is 1.77. The zero-order valence-corrected chi connectivity index (χ0v) is 19.3. The molecule has 3 rings (SSSR count). The molecule has 0 aromatic heterocycles. The van der Waals surface area contributed by atoms with Gasteiger partial charge in [0.1, 0.15) is 5.75 Å². The van der Waals surface area contributed by atoms with Gasteiger partial charge in [0.2, 0.25) is 0 Å². The van der Waals surface area contributed by atoms with Gasteiger partial charge in [0.05, 0.1) is 32.4 Å². The first-order chi connectivity index (χ1) is 15.3. The average molecular weight is 433 g/mol. The zero-order valence-electron chi connectivity index (χ0n) is 19.3. The van der Waals surface area contributed by atoms with Gasteiger partial charge in [-0.15, -0.1) is 0 Å². The number of likely N-dealkylation sites (tertiary alicyclic amines) is 1. The van der Waals surface area contributed by atoms with Crippen LogP contribution in [0.15, 0.2) is 29.3 Å². The first-order valence-electron chi connectivity index (χ1n) is 11.9. The monoisotopic (exact) mass is 432 g/mol. The van der Waals surface area contributed by atoms with E-state index < -0.39 is 0 Å². The molecule has 1 aromatic carbocycles. The third-order valence-electron chi connectivity index (χ3n) is 5.95. The number of benzene rings is 1. The third-order valence-corrected chi connectivity index (χ3v) is 5.95. The van der Waals surface area contributed by atoms with E-state index in [-0.39, 0.29) is 12.1 Å². The molecule has 31 heavy (non-hydrogen) atoms. The van der Waals surface area contributed by atoms with Crippen LogP contribution in [-0.2, 0) is 9.47 Å². The summed E-state index contributed by atoms with van der Waals surface area (Å²) < 4.78 is 16.6. The van der Waals surface area contributed by atoms with Gasteiger partial charge in [-0.25, -0.2) is 0 Å². The number of methoxy groups -OCH3 is 1. The van der Waals surface area contributed by atoms with Crippen molar-refractivity contribution in [1.29, 1.82) is 0 Å². The number of aliphatic imine (C=N–C) groups is 1. The zero-order chi connectivity index (χ0) is 21.7. The van der Waals surface area contributed by atoms with Gasteiger partial charge in [-0.05, 0) is 63.4 Å². The van der Waals surface area contributed by atoms with Crippen molar-refractivity contribution >= 4 is 5.96 Å². The second kappa shape index (κ2) is 13.6. The van der Waals surface area contributed by atoms with Crippen molar-refractivity contribution in [2.24, 2.45) is 4.99 Å². The summed E-state index contributed by atoms with van der Waals surface area (Å²) >= 11 is 0. The van der Waals surface area contributed by atoms with Crippen molar-refractivity contribution in [3.05, 3.63) is 29.8 Å². The molecule has 2 aliphatic heterocycles. The van der Waals surface area contributed by atoms with E-state index in [2.05, 4.69) is 46.7 Å². The molecule has 2 N–H and O–H groups in total. The van der Waals surface area contributed by atoms with Crippen molar-refractivity contribution < 1.29 is 14.2 Å². The lowest BCUT2D eigenvalue weighted by molar-refractivity contribution is 0.0420. The molecule has 0 radical (unpaired) electrons. The minimum Gasteiger partial charge on any atom is -0.497 e. The SMILES string of the molecule is CCNC(=NCC(c1ccc(OC)cc1)N1CCCCC1)NCCCOC1CCOC1. The van der Waals surface area contributed by atoms with E-state index in [0.29, 0.717) is 0 Å². The van der Waals surface area contributed by atoms with E-state index in [9.17, 15) is 0 Å². The smallest absolute Gasteiger partial charge is 0.191 e. The Bertz CT molecular complexity index is 641. The van der Waals surface area contributed by atoms with Gasteiger partial charge in [-0.2, -0.15) is 0 Å². The summed E-state index contributed by atoms with van der Waals surface area (Å²) in [4.78, 5) is 7.52. The Morgan fingerprint density at radius 2 is 2.00 bits per heavy atom. The molecule has 1 aromatic rings. The molecule has 2 atom stereocenters. The molecule has 7 heteroatoms. The molecule has 174 valence electrons.